The molecule has 194 valence electrons. The fourth-order valence-corrected chi connectivity index (χ4v) is 5.52. The van der Waals surface area contributed by atoms with Crippen LogP contribution in [0.15, 0.2) is 115 Å². The fourth-order valence-electron chi connectivity index (χ4n) is 5.52. The van der Waals surface area contributed by atoms with Crippen LogP contribution >= 0.6 is 0 Å². The van der Waals surface area contributed by atoms with Gasteiger partial charge in [0.1, 0.15) is 0 Å². The molecule has 2 aromatic heterocycles. The van der Waals surface area contributed by atoms with Gasteiger partial charge in [-0.3, -0.25) is 4.98 Å². The van der Waals surface area contributed by atoms with Crippen LogP contribution in [-0.4, -0.2) is 4.98 Å². The summed E-state index contributed by atoms with van der Waals surface area (Å²) in [6.45, 7) is 4.31. The molecule has 0 aliphatic heterocycles. The van der Waals surface area contributed by atoms with Crippen LogP contribution in [-0.2, 0) is 22.4 Å². The molecule has 7 rings (SSSR count). The molecule has 2 heterocycles. The van der Waals surface area contributed by atoms with E-state index in [1.54, 1.807) is 0 Å². The van der Waals surface area contributed by atoms with E-state index in [2.05, 4.69) is 110 Å². The van der Waals surface area contributed by atoms with Gasteiger partial charge in [-0.2, -0.15) is 34.8 Å². The molecule has 0 unspecified atom stereocenters. The van der Waals surface area contributed by atoms with Crippen LogP contribution in [0, 0.1) is 26.0 Å². The van der Waals surface area contributed by atoms with Gasteiger partial charge in [0.05, 0.1) is 0 Å². The Balaban J connectivity index is 0.00000289. The SMILES string of the molecule is Cc1cc(C)c(-c2cccc3c2[n-]c2ccccc23)[c-]c1-c1[c-]c(-c2ccccn2)cc(-c2ccccc2)c1.[Au+3]. The molecule has 0 fully saturated rings. The summed E-state index contributed by atoms with van der Waals surface area (Å²) in [6, 6.07) is 45.4. The van der Waals surface area contributed by atoms with E-state index in [1.165, 1.54) is 16.3 Å². The normalized spacial score (nSPS) is 11.1. The number of aromatic nitrogens is 2. The maximum Gasteiger partial charge on any atom is 3.00 e. The van der Waals surface area contributed by atoms with Gasteiger partial charge < -0.3 is 4.98 Å². The number of nitrogens with zero attached hydrogens (tertiary/aromatic N) is 2. The predicted molar refractivity (Wildman–Crippen MR) is 161 cm³/mol. The van der Waals surface area contributed by atoms with Crippen molar-refractivity contribution in [1.82, 2.24) is 9.97 Å². The van der Waals surface area contributed by atoms with Gasteiger partial charge in [-0.25, -0.2) is 0 Å². The van der Waals surface area contributed by atoms with Crippen molar-refractivity contribution in [3.8, 4) is 44.6 Å². The van der Waals surface area contributed by atoms with Crippen molar-refractivity contribution in [2.45, 2.75) is 13.8 Å². The van der Waals surface area contributed by atoms with Gasteiger partial charge in [-0.1, -0.05) is 110 Å². The second-order valence-electron chi connectivity index (χ2n) is 9.99. The maximum absolute atomic E-state index is 5.03. The van der Waals surface area contributed by atoms with E-state index >= 15 is 0 Å². The third-order valence-electron chi connectivity index (χ3n) is 7.39. The zero-order valence-electron chi connectivity index (χ0n) is 22.2. The molecule has 0 saturated heterocycles. The van der Waals surface area contributed by atoms with Gasteiger partial charge in [-0.15, -0.1) is 39.9 Å². The molecule has 0 aliphatic rings. The minimum absolute atomic E-state index is 0. The van der Waals surface area contributed by atoms with Crippen molar-refractivity contribution in [2.75, 3.05) is 0 Å². The van der Waals surface area contributed by atoms with Gasteiger partial charge in [0.2, 0.25) is 0 Å². The van der Waals surface area contributed by atoms with Crippen molar-refractivity contribution in [2.24, 2.45) is 0 Å². The van der Waals surface area contributed by atoms with Gasteiger partial charge in [0.25, 0.3) is 0 Å². The van der Waals surface area contributed by atoms with Gasteiger partial charge in [0.15, 0.2) is 0 Å². The molecule has 5 aromatic carbocycles. The molecule has 0 bridgehead atoms. The minimum Gasteiger partial charge on any atom is -0.663 e. The summed E-state index contributed by atoms with van der Waals surface area (Å²) in [7, 11) is 0. The van der Waals surface area contributed by atoms with Crippen LogP contribution in [0.1, 0.15) is 11.1 Å². The minimum atomic E-state index is 0. The number of pyridine rings is 1. The first-order valence-electron chi connectivity index (χ1n) is 13.2. The van der Waals surface area contributed by atoms with E-state index in [-0.39, 0.29) is 22.4 Å². The topological polar surface area (TPSA) is 27.0 Å². The third-order valence-corrected chi connectivity index (χ3v) is 7.39. The molecule has 0 spiro atoms. The maximum atomic E-state index is 5.03. The number of hydrogen-bond donors (Lipinski definition) is 0. The molecular formula is C37H25AuN2. The first kappa shape index (κ1) is 26.0. The second kappa shape index (κ2) is 10.7. The van der Waals surface area contributed by atoms with Gasteiger partial charge in [0, 0.05) is 11.9 Å². The van der Waals surface area contributed by atoms with Crippen LogP contribution in [0.2, 0.25) is 0 Å². The quantitative estimate of drug-likeness (QED) is 0.136. The number of hydrogen-bond acceptors (Lipinski definition) is 1. The summed E-state index contributed by atoms with van der Waals surface area (Å²) in [6.07, 6.45) is 1.83. The number of benzene rings is 5. The Kier molecular flexibility index (Phi) is 7.00. The monoisotopic (exact) mass is 694 g/mol. The van der Waals surface area contributed by atoms with E-state index in [0.29, 0.717) is 0 Å². The van der Waals surface area contributed by atoms with Crippen LogP contribution in [0.3, 0.4) is 0 Å². The molecule has 0 atom stereocenters. The molecule has 0 aliphatic carbocycles. The van der Waals surface area contributed by atoms with Crippen molar-refractivity contribution < 1.29 is 22.4 Å². The Morgan fingerprint density at radius 3 is 2.15 bits per heavy atom. The molecule has 0 saturated carbocycles. The average Bonchev–Trinajstić information content (AvgIpc) is 3.37. The van der Waals surface area contributed by atoms with Crippen LogP contribution < -0.4 is 4.98 Å². The Hall–Kier alpha value is -4.21. The van der Waals surface area contributed by atoms with Crippen LogP contribution in [0.25, 0.3) is 66.4 Å². The summed E-state index contributed by atoms with van der Waals surface area (Å²) in [5, 5.41) is 2.36. The predicted octanol–water partition coefficient (Wildman–Crippen LogP) is 9.23. The Labute approximate surface area is 250 Å². The number of fused-ring (bicyclic) bond motifs is 3. The summed E-state index contributed by atoms with van der Waals surface area (Å²) in [5.41, 5.74) is 12.8. The van der Waals surface area contributed by atoms with Crippen molar-refractivity contribution in [3.05, 3.63) is 139 Å². The Morgan fingerprint density at radius 2 is 1.32 bits per heavy atom. The number of para-hydroxylation sites is 2. The summed E-state index contributed by atoms with van der Waals surface area (Å²) in [4.78, 5) is 9.65. The second-order valence-corrected chi connectivity index (χ2v) is 9.99. The molecular weight excluding hydrogens is 669 g/mol. The van der Waals surface area contributed by atoms with E-state index in [9.17, 15) is 0 Å². The molecule has 7 aromatic rings. The van der Waals surface area contributed by atoms with E-state index in [4.69, 9.17) is 4.98 Å². The van der Waals surface area contributed by atoms with E-state index in [0.717, 1.165) is 61.2 Å². The average molecular weight is 695 g/mol. The molecule has 0 radical (unpaired) electrons. The van der Waals surface area contributed by atoms with Crippen LogP contribution in [0.5, 0.6) is 0 Å². The number of rotatable bonds is 4. The summed E-state index contributed by atoms with van der Waals surface area (Å²) in [5.74, 6) is 0. The van der Waals surface area contributed by atoms with Crippen LogP contribution in [0.4, 0.5) is 0 Å². The summed E-state index contributed by atoms with van der Waals surface area (Å²) >= 11 is 0. The van der Waals surface area contributed by atoms with Crippen molar-refractivity contribution in [3.63, 3.8) is 0 Å². The molecule has 2 nitrogen and oxygen atoms in total. The smallest absolute Gasteiger partial charge is 0.663 e. The standard InChI is InChI=1S/C37H25N2.Au/c1-24-19-25(2)34(32-15-10-14-31-30-13-6-7-17-36(30)39-37(31)32)23-33(24)28-20-27(26-11-4-3-5-12-26)21-29(22-28)35-16-8-9-18-38-35;/h3-21H,1-2H3;/q-3;+3. The Bertz CT molecular complexity index is 1910. The first-order valence-corrected chi connectivity index (χ1v) is 13.2. The van der Waals surface area contributed by atoms with E-state index in [1.807, 2.05) is 36.5 Å². The van der Waals surface area contributed by atoms with Gasteiger partial charge in [-0.05, 0) is 22.4 Å². The third kappa shape index (κ3) is 4.61. The van der Waals surface area contributed by atoms with Crippen molar-refractivity contribution in [1.29, 1.82) is 0 Å². The van der Waals surface area contributed by atoms with E-state index < -0.39 is 0 Å². The first-order chi connectivity index (χ1) is 19.2. The summed E-state index contributed by atoms with van der Waals surface area (Å²) < 4.78 is 0. The van der Waals surface area contributed by atoms with Gasteiger partial charge >= 0.3 is 22.4 Å². The molecule has 40 heavy (non-hydrogen) atoms. The number of aryl methyl sites for hydroxylation is 2. The molecule has 0 N–H and O–H groups in total. The molecule has 3 heteroatoms. The van der Waals surface area contributed by atoms with Crippen molar-refractivity contribution >= 4 is 21.8 Å². The largest absolute Gasteiger partial charge is 3.00 e. The Morgan fingerprint density at radius 1 is 0.600 bits per heavy atom. The molecule has 0 amide bonds. The zero-order valence-corrected chi connectivity index (χ0v) is 24.3. The fraction of sp³-hybridized carbons (Fsp3) is 0.0541. The zero-order chi connectivity index (χ0) is 26.3.